The minimum absolute atomic E-state index is 0.199. The van der Waals surface area contributed by atoms with Crippen LogP contribution in [-0.2, 0) is 4.79 Å². The van der Waals surface area contributed by atoms with Crippen molar-refractivity contribution in [3.05, 3.63) is 35.0 Å². The first-order valence-corrected chi connectivity index (χ1v) is 6.42. The molecule has 1 aromatic heterocycles. The van der Waals surface area contributed by atoms with E-state index in [-0.39, 0.29) is 5.69 Å². The highest BCUT2D eigenvalue weighted by Gasteiger charge is 2.36. The molecule has 2 aromatic rings. The van der Waals surface area contributed by atoms with Crippen LogP contribution in [0.5, 0.6) is 0 Å². The fraction of sp³-hybridized carbons (Fsp3) is 0.286. The molecule has 0 radical (unpaired) electrons. The van der Waals surface area contributed by atoms with E-state index >= 15 is 0 Å². The van der Waals surface area contributed by atoms with E-state index in [0.717, 1.165) is 15.8 Å². The number of likely N-dealkylation sites (N-methyl/N-ethyl adjacent to an activating group) is 1. The number of nitrogens with one attached hydrogen (secondary N) is 1. The number of hydrogen-bond acceptors (Lipinski definition) is 2. The lowest BCUT2D eigenvalue weighted by atomic mass is 10.0. The van der Waals surface area contributed by atoms with E-state index in [4.69, 9.17) is 11.6 Å². The van der Waals surface area contributed by atoms with Crippen molar-refractivity contribution in [1.82, 2.24) is 9.88 Å². The highest BCUT2D eigenvalue weighted by atomic mass is 35.5. The Hall–Kier alpha value is -2.01. The maximum atomic E-state index is 12.4. The van der Waals surface area contributed by atoms with E-state index in [9.17, 15) is 14.7 Å². The predicted octanol–water partition coefficient (Wildman–Crippen LogP) is 2.76. The third-order valence-corrected chi connectivity index (χ3v) is 3.92. The summed E-state index contributed by atoms with van der Waals surface area (Å²) in [6.45, 7) is 2.92. The van der Waals surface area contributed by atoms with Crippen LogP contribution < -0.4 is 0 Å². The third-order valence-electron chi connectivity index (χ3n) is 3.52. The Labute approximate surface area is 121 Å². The third kappa shape index (κ3) is 2.14. The van der Waals surface area contributed by atoms with Crippen LogP contribution in [0.4, 0.5) is 0 Å². The van der Waals surface area contributed by atoms with Gasteiger partial charge in [0.25, 0.3) is 5.91 Å². The number of benzene rings is 1. The van der Waals surface area contributed by atoms with E-state index in [1.807, 2.05) is 12.1 Å². The number of aromatic nitrogens is 1. The topological polar surface area (TPSA) is 73.4 Å². The molecule has 0 bridgehead atoms. The molecule has 2 N–H and O–H groups in total. The zero-order valence-electron chi connectivity index (χ0n) is 11.4. The number of fused-ring (bicyclic) bond motifs is 1. The van der Waals surface area contributed by atoms with Crippen LogP contribution in [-0.4, -0.2) is 39.5 Å². The Kier molecular flexibility index (Phi) is 3.48. The Bertz CT molecular complexity index is 691. The van der Waals surface area contributed by atoms with Gasteiger partial charge in [0.2, 0.25) is 0 Å². The van der Waals surface area contributed by atoms with Crippen molar-refractivity contribution in [2.24, 2.45) is 0 Å². The molecule has 0 aliphatic heterocycles. The van der Waals surface area contributed by atoms with Gasteiger partial charge >= 0.3 is 5.97 Å². The highest BCUT2D eigenvalue weighted by molar-refractivity contribution is 6.38. The van der Waals surface area contributed by atoms with Crippen molar-refractivity contribution in [3.8, 4) is 0 Å². The lowest BCUT2D eigenvalue weighted by Crippen LogP contribution is -2.50. The first kappa shape index (κ1) is 14.4. The molecule has 106 valence electrons. The van der Waals surface area contributed by atoms with Crippen LogP contribution in [0.25, 0.3) is 10.9 Å². The fourth-order valence-electron chi connectivity index (χ4n) is 1.82. The zero-order valence-corrected chi connectivity index (χ0v) is 12.2. The minimum atomic E-state index is -1.32. The minimum Gasteiger partial charge on any atom is -0.480 e. The summed E-state index contributed by atoms with van der Waals surface area (Å²) in [5.74, 6) is -1.54. The lowest BCUT2D eigenvalue weighted by molar-refractivity contribution is -0.147. The summed E-state index contributed by atoms with van der Waals surface area (Å²) in [5.41, 5.74) is -0.385. The average molecular weight is 295 g/mol. The molecule has 2 rings (SSSR count). The van der Waals surface area contributed by atoms with E-state index in [2.05, 4.69) is 4.98 Å². The second kappa shape index (κ2) is 4.83. The molecule has 1 aromatic carbocycles. The lowest BCUT2D eigenvalue weighted by Gasteiger charge is -2.31. The van der Waals surface area contributed by atoms with Crippen molar-refractivity contribution in [2.75, 3.05) is 7.05 Å². The monoisotopic (exact) mass is 294 g/mol. The Morgan fingerprint density at radius 1 is 1.30 bits per heavy atom. The number of amides is 1. The molecule has 0 unspecified atom stereocenters. The molecule has 1 amide bonds. The molecule has 0 spiro atoms. The standard InChI is InChI=1S/C14H15ClN2O3/c1-14(2,13(19)20)17(3)12(18)11-10(15)8-6-4-5-7-9(8)16-11/h4-7,16H,1-3H3,(H,19,20). The van der Waals surface area contributed by atoms with Crippen molar-refractivity contribution < 1.29 is 14.7 Å². The number of nitrogens with zero attached hydrogens (tertiary/aromatic N) is 1. The summed E-state index contributed by atoms with van der Waals surface area (Å²) in [4.78, 5) is 27.7. The van der Waals surface area contributed by atoms with Crippen molar-refractivity contribution in [3.63, 3.8) is 0 Å². The Morgan fingerprint density at radius 3 is 2.45 bits per heavy atom. The van der Waals surface area contributed by atoms with Crippen LogP contribution in [0.3, 0.4) is 0 Å². The van der Waals surface area contributed by atoms with Gasteiger partial charge in [0, 0.05) is 18.0 Å². The molecule has 0 aliphatic rings. The number of halogens is 1. The van der Waals surface area contributed by atoms with Gasteiger partial charge in [-0.3, -0.25) is 4.79 Å². The molecule has 0 saturated carbocycles. The number of hydrogen-bond donors (Lipinski definition) is 2. The Balaban J connectivity index is 2.46. The van der Waals surface area contributed by atoms with Gasteiger partial charge in [-0.25, -0.2) is 4.79 Å². The van der Waals surface area contributed by atoms with Gasteiger partial charge in [-0.2, -0.15) is 0 Å². The maximum Gasteiger partial charge on any atom is 0.329 e. The summed E-state index contributed by atoms with van der Waals surface area (Å²) in [6.07, 6.45) is 0. The molecule has 6 heteroatoms. The van der Waals surface area contributed by atoms with Crippen molar-refractivity contribution in [1.29, 1.82) is 0 Å². The van der Waals surface area contributed by atoms with Gasteiger partial charge in [-0.05, 0) is 19.9 Å². The largest absolute Gasteiger partial charge is 0.480 e. The molecule has 0 aliphatic carbocycles. The highest BCUT2D eigenvalue weighted by Crippen LogP contribution is 2.29. The van der Waals surface area contributed by atoms with Gasteiger partial charge in [0.15, 0.2) is 0 Å². The van der Waals surface area contributed by atoms with Gasteiger partial charge in [0.05, 0.1) is 5.02 Å². The van der Waals surface area contributed by atoms with Gasteiger partial charge in [-0.1, -0.05) is 29.8 Å². The first-order valence-electron chi connectivity index (χ1n) is 6.04. The number of carbonyl (C=O) groups is 2. The second-order valence-electron chi connectivity index (χ2n) is 5.09. The summed E-state index contributed by atoms with van der Waals surface area (Å²) in [5, 5.41) is 10.2. The van der Waals surface area contributed by atoms with Crippen LogP contribution >= 0.6 is 11.6 Å². The number of aromatic amines is 1. The number of rotatable bonds is 3. The van der Waals surface area contributed by atoms with Crippen molar-refractivity contribution >= 4 is 34.4 Å². The first-order chi connectivity index (χ1) is 9.26. The quantitative estimate of drug-likeness (QED) is 0.914. The maximum absolute atomic E-state index is 12.4. The normalized spacial score (nSPS) is 11.6. The molecule has 20 heavy (non-hydrogen) atoms. The number of carbonyl (C=O) groups excluding carboxylic acids is 1. The molecule has 5 nitrogen and oxygen atoms in total. The van der Waals surface area contributed by atoms with Gasteiger partial charge < -0.3 is 15.0 Å². The van der Waals surface area contributed by atoms with Gasteiger partial charge in [0.1, 0.15) is 11.2 Å². The molecular formula is C14H15ClN2O3. The van der Waals surface area contributed by atoms with Crippen LogP contribution in [0, 0.1) is 0 Å². The number of H-pyrrole nitrogens is 1. The number of carboxylic acid groups (broad SMARTS) is 1. The molecular weight excluding hydrogens is 280 g/mol. The smallest absolute Gasteiger partial charge is 0.329 e. The van der Waals surface area contributed by atoms with Crippen LogP contribution in [0.2, 0.25) is 5.02 Å². The molecule has 0 fully saturated rings. The van der Waals surface area contributed by atoms with Crippen LogP contribution in [0.1, 0.15) is 24.3 Å². The predicted molar refractivity (Wildman–Crippen MR) is 77.1 cm³/mol. The zero-order chi connectivity index (χ0) is 15.1. The van der Waals surface area contributed by atoms with Gasteiger partial charge in [-0.15, -0.1) is 0 Å². The molecule has 0 saturated heterocycles. The summed E-state index contributed by atoms with van der Waals surface area (Å²) < 4.78 is 0. The summed E-state index contributed by atoms with van der Waals surface area (Å²) in [6, 6.07) is 7.25. The second-order valence-corrected chi connectivity index (χ2v) is 5.47. The van der Waals surface area contributed by atoms with E-state index in [0.29, 0.717) is 5.02 Å². The number of para-hydroxylation sites is 1. The van der Waals surface area contributed by atoms with E-state index in [1.54, 1.807) is 12.1 Å². The Morgan fingerprint density at radius 2 is 1.90 bits per heavy atom. The fourth-order valence-corrected chi connectivity index (χ4v) is 2.11. The molecule has 1 heterocycles. The van der Waals surface area contributed by atoms with E-state index < -0.39 is 17.4 Å². The summed E-state index contributed by atoms with van der Waals surface area (Å²) in [7, 11) is 1.44. The van der Waals surface area contributed by atoms with Crippen molar-refractivity contribution in [2.45, 2.75) is 19.4 Å². The van der Waals surface area contributed by atoms with E-state index in [1.165, 1.54) is 20.9 Å². The molecule has 0 atom stereocenters. The average Bonchev–Trinajstić information content (AvgIpc) is 2.75. The summed E-state index contributed by atoms with van der Waals surface area (Å²) >= 11 is 6.20. The number of carboxylic acids is 1. The number of aliphatic carboxylic acids is 1. The van der Waals surface area contributed by atoms with Crippen LogP contribution in [0.15, 0.2) is 24.3 Å². The SMILES string of the molecule is CN(C(=O)c1[nH]c2ccccc2c1Cl)C(C)(C)C(=O)O.